The summed E-state index contributed by atoms with van der Waals surface area (Å²) in [5, 5.41) is 5.62. The molecule has 2 aromatic rings. The Morgan fingerprint density at radius 1 is 1.11 bits per heavy atom. The molecule has 0 bridgehead atoms. The van der Waals surface area contributed by atoms with Gasteiger partial charge >= 0.3 is 0 Å². The van der Waals surface area contributed by atoms with Crippen LogP contribution >= 0.6 is 11.6 Å². The van der Waals surface area contributed by atoms with Gasteiger partial charge in [-0.1, -0.05) is 51.4 Å². The minimum Gasteiger partial charge on any atom is -0.344 e. The smallest absolute Gasteiger partial charge is 0.251 e. The Kier molecular flexibility index (Phi) is 8.48. The first-order chi connectivity index (χ1) is 16.5. The number of fused-ring (bicyclic) bond motifs is 1. The van der Waals surface area contributed by atoms with Crippen LogP contribution in [0.15, 0.2) is 36.4 Å². The van der Waals surface area contributed by atoms with Gasteiger partial charge in [0.05, 0.1) is 0 Å². The summed E-state index contributed by atoms with van der Waals surface area (Å²) >= 11 is 6.14. The van der Waals surface area contributed by atoms with Gasteiger partial charge in [-0.15, -0.1) is 0 Å². The highest BCUT2D eigenvalue weighted by Gasteiger charge is 2.40. The molecule has 188 valence electrons. The summed E-state index contributed by atoms with van der Waals surface area (Å²) in [6, 6.07) is 6.19. The van der Waals surface area contributed by atoms with Gasteiger partial charge < -0.3 is 15.5 Å². The Morgan fingerprint density at radius 2 is 1.77 bits per heavy atom. The van der Waals surface area contributed by atoms with Crippen molar-refractivity contribution in [2.24, 2.45) is 11.8 Å². The van der Waals surface area contributed by atoms with Gasteiger partial charge in [0.25, 0.3) is 5.91 Å². The highest BCUT2D eigenvalue weighted by Crippen LogP contribution is 2.34. The molecule has 3 rings (SSSR count). The molecule has 2 N–H and O–H groups in total. The fraction of sp³-hybridized carbons (Fsp3) is 0.423. The van der Waals surface area contributed by atoms with Crippen molar-refractivity contribution in [1.29, 1.82) is 0 Å². The molecule has 0 spiro atoms. The molecule has 1 aliphatic rings. The number of rotatable bonds is 7. The molecule has 1 heterocycles. The third-order valence-corrected chi connectivity index (χ3v) is 6.60. The van der Waals surface area contributed by atoms with Gasteiger partial charge in [-0.25, -0.2) is 8.78 Å². The molecule has 3 amide bonds. The van der Waals surface area contributed by atoms with Crippen LogP contribution in [0.25, 0.3) is 0 Å². The van der Waals surface area contributed by atoms with E-state index in [1.165, 1.54) is 11.0 Å². The van der Waals surface area contributed by atoms with Crippen molar-refractivity contribution in [1.82, 2.24) is 10.2 Å². The molecule has 0 saturated heterocycles. The van der Waals surface area contributed by atoms with E-state index in [4.69, 9.17) is 11.6 Å². The Bertz CT molecular complexity index is 1100. The van der Waals surface area contributed by atoms with Gasteiger partial charge in [0, 0.05) is 17.5 Å². The quantitative estimate of drug-likeness (QED) is 0.563. The average Bonchev–Trinajstić information content (AvgIpc) is 2.82. The Morgan fingerprint density at radius 3 is 2.37 bits per heavy atom. The van der Waals surface area contributed by atoms with Crippen molar-refractivity contribution in [2.75, 3.05) is 11.9 Å². The molecule has 6 nitrogen and oxygen atoms in total. The predicted octanol–water partition coefficient (Wildman–Crippen LogP) is 4.87. The number of carbonyl (C=O) groups excluding carboxylic acids is 3. The molecule has 2 aromatic carbocycles. The highest BCUT2D eigenvalue weighted by atomic mass is 35.5. The number of para-hydroxylation sites is 1. The summed E-state index contributed by atoms with van der Waals surface area (Å²) in [4.78, 5) is 41.1. The van der Waals surface area contributed by atoms with Gasteiger partial charge in [-0.2, -0.15) is 0 Å². The van der Waals surface area contributed by atoms with Crippen molar-refractivity contribution >= 4 is 35.0 Å². The van der Waals surface area contributed by atoms with Crippen molar-refractivity contribution in [3.63, 3.8) is 0 Å². The number of benzene rings is 2. The molecule has 1 aliphatic heterocycles. The Hall–Kier alpha value is -3.00. The second-order valence-corrected chi connectivity index (χ2v) is 9.59. The molecule has 0 fully saturated rings. The van der Waals surface area contributed by atoms with Crippen LogP contribution in [0.5, 0.6) is 0 Å². The van der Waals surface area contributed by atoms with Crippen LogP contribution in [-0.2, 0) is 20.8 Å². The number of halogens is 3. The summed E-state index contributed by atoms with van der Waals surface area (Å²) in [7, 11) is 0. The SMILES string of the molecule is CC[C@@H](C)C(=O)N[C@H](C(=O)N1CCc2cc(Cl)ccc2[C@@H]1C(=O)Nc1c(F)cccc1F)C(C)C. The first kappa shape index (κ1) is 26.6. The average molecular weight is 506 g/mol. The maximum atomic E-state index is 14.3. The Balaban J connectivity index is 2.00. The second-order valence-electron chi connectivity index (χ2n) is 9.15. The van der Waals surface area contributed by atoms with Crippen LogP contribution < -0.4 is 10.6 Å². The number of carbonyl (C=O) groups is 3. The number of nitrogens with one attached hydrogen (secondary N) is 2. The van der Waals surface area contributed by atoms with Crippen LogP contribution in [0.4, 0.5) is 14.5 Å². The second kappa shape index (κ2) is 11.2. The summed E-state index contributed by atoms with van der Waals surface area (Å²) in [5.74, 6) is -3.84. The predicted molar refractivity (Wildman–Crippen MR) is 131 cm³/mol. The lowest BCUT2D eigenvalue weighted by molar-refractivity contribution is -0.144. The molecule has 35 heavy (non-hydrogen) atoms. The topological polar surface area (TPSA) is 78.5 Å². The van der Waals surface area contributed by atoms with Gasteiger partial charge in [-0.05, 0) is 54.2 Å². The zero-order valence-corrected chi connectivity index (χ0v) is 21.0. The Labute approximate surface area is 209 Å². The van der Waals surface area contributed by atoms with Crippen LogP contribution in [0.1, 0.15) is 51.3 Å². The number of amides is 3. The lowest BCUT2D eigenvalue weighted by Crippen LogP contribution is -2.56. The minimum atomic E-state index is -1.16. The molecule has 0 aromatic heterocycles. The summed E-state index contributed by atoms with van der Waals surface area (Å²) in [5.41, 5.74) is 0.691. The van der Waals surface area contributed by atoms with E-state index in [1.807, 2.05) is 6.92 Å². The fourth-order valence-corrected chi connectivity index (χ4v) is 4.29. The molecule has 0 saturated carbocycles. The zero-order chi connectivity index (χ0) is 25.9. The summed E-state index contributed by atoms with van der Waals surface area (Å²) in [6.45, 7) is 7.44. The van der Waals surface area contributed by atoms with Gasteiger partial charge in [0.1, 0.15) is 29.4 Å². The summed E-state index contributed by atoms with van der Waals surface area (Å²) < 4.78 is 28.5. The van der Waals surface area contributed by atoms with Crippen LogP contribution in [0, 0.1) is 23.5 Å². The van der Waals surface area contributed by atoms with E-state index in [1.54, 1.807) is 39.0 Å². The first-order valence-corrected chi connectivity index (χ1v) is 12.1. The number of hydrogen-bond donors (Lipinski definition) is 2. The van der Waals surface area contributed by atoms with E-state index in [0.717, 1.165) is 17.7 Å². The third kappa shape index (κ3) is 5.81. The van der Waals surface area contributed by atoms with Crippen LogP contribution in [0.3, 0.4) is 0 Å². The van der Waals surface area contributed by atoms with Crippen LogP contribution in [-0.4, -0.2) is 35.2 Å². The minimum absolute atomic E-state index is 0.173. The first-order valence-electron chi connectivity index (χ1n) is 11.7. The maximum Gasteiger partial charge on any atom is 0.251 e. The van der Waals surface area contributed by atoms with Crippen molar-refractivity contribution in [3.8, 4) is 0 Å². The van der Waals surface area contributed by atoms with Gasteiger partial charge in [-0.3, -0.25) is 14.4 Å². The van der Waals surface area contributed by atoms with E-state index in [0.29, 0.717) is 23.4 Å². The van der Waals surface area contributed by atoms with E-state index in [9.17, 15) is 23.2 Å². The summed E-state index contributed by atoms with van der Waals surface area (Å²) in [6.07, 6.45) is 1.05. The zero-order valence-electron chi connectivity index (χ0n) is 20.2. The molecular weight excluding hydrogens is 476 g/mol. The molecule has 0 aliphatic carbocycles. The lowest BCUT2D eigenvalue weighted by atomic mass is 9.90. The maximum absolute atomic E-state index is 14.3. The third-order valence-electron chi connectivity index (χ3n) is 6.37. The molecule has 3 atom stereocenters. The lowest BCUT2D eigenvalue weighted by Gasteiger charge is -2.39. The normalized spacial score (nSPS) is 16.9. The van der Waals surface area contributed by atoms with Crippen molar-refractivity contribution in [2.45, 2.75) is 52.6 Å². The molecule has 0 radical (unpaired) electrons. The largest absolute Gasteiger partial charge is 0.344 e. The molecule has 9 heteroatoms. The molecular formula is C26H30ClF2N3O3. The number of anilines is 1. The van der Waals surface area contributed by atoms with E-state index >= 15 is 0 Å². The highest BCUT2D eigenvalue weighted by molar-refractivity contribution is 6.30. The van der Waals surface area contributed by atoms with E-state index < -0.39 is 41.2 Å². The van der Waals surface area contributed by atoms with E-state index in [-0.39, 0.29) is 24.3 Å². The van der Waals surface area contributed by atoms with Crippen molar-refractivity contribution in [3.05, 3.63) is 64.2 Å². The number of hydrogen-bond acceptors (Lipinski definition) is 3. The standard InChI is InChI=1S/C26H30ClF2N3O3/c1-5-15(4)24(33)30-21(14(2)3)26(35)32-12-11-16-13-17(27)9-10-18(16)23(32)25(34)31-22-19(28)7-6-8-20(22)29/h6-10,13-15,21,23H,5,11-12H2,1-4H3,(H,30,33)(H,31,34)/t15-,21+,23-/m1/s1. The molecule has 0 unspecified atom stereocenters. The van der Waals surface area contributed by atoms with E-state index in [2.05, 4.69) is 10.6 Å². The fourth-order valence-electron chi connectivity index (χ4n) is 4.10. The number of nitrogens with zero attached hydrogens (tertiary/aromatic N) is 1. The van der Waals surface area contributed by atoms with Gasteiger partial charge in [0.15, 0.2) is 0 Å². The van der Waals surface area contributed by atoms with Crippen molar-refractivity contribution < 1.29 is 23.2 Å². The monoisotopic (exact) mass is 505 g/mol. The van der Waals surface area contributed by atoms with Gasteiger partial charge in [0.2, 0.25) is 11.8 Å². The van der Waals surface area contributed by atoms with Crippen LogP contribution in [0.2, 0.25) is 5.02 Å².